The van der Waals surface area contributed by atoms with E-state index < -0.39 is 9.84 Å². The van der Waals surface area contributed by atoms with Crippen LogP contribution in [-0.2, 0) is 14.6 Å². The molecule has 2 heterocycles. The smallest absolute Gasteiger partial charge is 0.230 e. The van der Waals surface area contributed by atoms with Crippen LogP contribution < -0.4 is 5.32 Å². The molecule has 1 atom stereocenters. The Morgan fingerprint density at radius 1 is 1.28 bits per heavy atom. The second-order valence-electron chi connectivity index (χ2n) is 6.00. The van der Waals surface area contributed by atoms with Crippen LogP contribution in [0, 0.1) is 6.92 Å². The minimum absolute atomic E-state index is 0.0303. The topological polar surface area (TPSA) is 89.0 Å². The van der Waals surface area contributed by atoms with Gasteiger partial charge in [-0.3, -0.25) is 4.79 Å². The zero-order valence-corrected chi connectivity index (χ0v) is 15.4. The van der Waals surface area contributed by atoms with E-state index in [2.05, 4.69) is 15.3 Å². The molecule has 1 aromatic heterocycles. The van der Waals surface area contributed by atoms with E-state index in [1.54, 1.807) is 0 Å². The Morgan fingerprint density at radius 2 is 2.04 bits per heavy atom. The van der Waals surface area contributed by atoms with E-state index in [4.69, 9.17) is 0 Å². The van der Waals surface area contributed by atoms with Crippen molar-refractivity contribution in [2.45, 2.75) is 24.5 Å². The Labute approximate surface area is 151 Å². The fraction of sp³-hybridized carbons (Fsp3) is 0.353. The average molecular weight is 377 g/mol. The Balaban J connectivity index is 1.61. The molecule has 132 valence electrons. The van der Waals surface area contributed by atoms with Crippen molar-refractivity contribution in [2.24, 2.45) is 0 Å². The van der Waals surface area contributed by atoms with Crippen LogP contribution in [0.4, 0.5) is 0 Å². The number of aryl methyl sites for hydroxylation is 1. The molecular formula is C17H19N3O3S2. The molecule has 0 saturated carbocycles. The highest BCUT2D eigenvalue weighted by Crippen LogP contribution is 2.21. The molecule has 1 aliphatic heterocycles. The summed E-state index contributed by atoms with van der Waals surface area (Å²) in [4.78, 5) is 20.9. The Morgan fingerprint density at radius 3 is 2.72 bits per heavy atom. The maximum absolute atomic E-state index is 12.0. The van der Waals surface area contributed by atoms with Crippen LogP contribution in [-0.4, -0.2) is 47.6 Å². The number of sulfone groups is 1. The third-order valence-electron chi connectivity index (χ3n) is 3.83. The number of thioether (sulfide) groups is 1. The molecule has 8 heteroatoms. The fourth-order valence-corrected chi connectivity index (χ4v) is 5.06. The quantitative estimate of drug-likeness (QED) is 0.632. The zero-order valence-electron chi connectivity index (χ0n) is 13.8. The summed E-state index contributed by atoms with van der Waals surface area (Å²) in [6, 6.07) is 11.4. The van der Waals surface area contributed by atoms with Gasteiger partial charge < -0.3 is 5.32 Å². The van der Waals surface area contributed by atoms with E-state index in [0.717, 1.165) is 17.0 Å². The summed E-state index contributed by atoms with van der Waals surface area (Å²) < 4.78 is 22.9. The van der Waals surface area contributed by atoms with Crippen molar-refractivity contribution < 1.29 is 13.2 Å². The van der Waals surface area contributed by atoms with E-state index in [1.807, 2.05) is 43.3 Å². The van der Waals surface area contributed by atoms with Gasteiger partial charge in [-0.15, -0.1) is 0 Å². The van der Waals surface area contributed by atoms with Crippen molar-refractivity contribution in [2.75, 3.05) is 17.3 Å². The zero-order chi connectivity index (χ0) is 17.9. The predicted molar refractivity (Wildman–Crippen MR) is 98.1 cm³/mol. The molecule has 1 fully saturated rings. The van der Waals surface area contributed by atoms with E-state index in [1.165, 1.54) is 11.8 Å². The number of carbonyl (C=O) groups is 1. The molecule has 1 aromatic carbocycles. The highest BCUT2D eigenvalue weighted by atomic mass is 32.2. The van der Waals surface area contributed by atoms with Gasteiger partial charge >= 0.3 is 0 Å². The molecule has 0 unspecified atom stereocenters. The van der Waals surface area contributed by atoms with Gasteiger partial charge in [-0.25, -0.2) is 18.4 Å². The highest BCUT2D eigenvalue weighted by molar-refractivity contribution is 7.99. The van der Waals surface area contributed by atoms with Crippen LogP contribution in [0.1, 0.15) is 12.1 Å². The van der Waals surface area contributed by atoms with Gasteiger partial charge in [-0.1, -0.05) is 42.1 Å². The molecule has 0 bridgehead atoms. The van der Waals surface area contributed by atoms with Crippen molar-refractivity contribution in [3.63, 3.8) is 0 Å². The van der Waals surface area contributed by atoms with Gasteiger partial charge in [0.2, 0.25) is 5.91 Å². The van der Waals surface area contributed by atoms with Crippen molar-refractivity contribution in [3.8, 4) is 11.3 Å². The standard InChI is InChI=1S/C17H19N3O3S2/c1-12-9-15(13-5-3-2-4-6-13)20-17(18-12)24-10-16(21)19-14-7-8-25(22,23)11-14/h2-6,9,14H,7-8,10-11H2,1H3,(H,19,21)/t14-/m0/s1. The summed E-state index contributed by atoms with van der Waals surface area (Å²) >= 11 is 1.25. The third-order valence-corrected chi connectivity index (χ3v) is 6.45. The second kappa shape index (κ2) is 7.53. The lowest BCUT2D eigenvalue weighted by atomic mass is 10.1. The first-order valence-electron chi connectivity index (χ1n) is 7.95. The number of hydrogen-bond acceptors (Lipinski definition) is 6. The van der Waals surface area contributed by atoms with Crippen molar-refractivity contribution >= 4 is 27.5 Å². The van der Waals surface area contributed by atoms with Crippen LogP contribution in [0.3, 0.4) is 0 Å². The lowest BCUT2D eigenvalue weighted by molar-refractivity contribution is -0.119. The largest absolute Gasteiger partial charge is 0.352 e. The Bertz CT molecular complexity index is 870. The second-order valence-corrected chi connectivity index (χ2v) is 9.17. The van der Waals surface area contributed by atoms with Gasteiger partial charge in [-0.05, 0) is 19.4 Å². The SMILES string of the molecule is Cc1cc(-c2ccccc2)nc(SCC(=O)N[C@H]2CCS(=O)(=O)C2)n1. The number of benzene rings is 1. The summed E-state index contributed by atoms with van der Waals surface area (Å²) in [5, 5.41) is 3.31. The van der Waals surface area contributed by atoms with Crippen LogP contribution in [0.25, 0.3) is 11.3 Å². The summed E-state index contributed by atoms with van der Waals surface area (Å²) in [6.07, 6.45) is 0.484. The van der Waals surface area contributed by atoms with Crippen LogP contribution in [0.15, 0.2) is 41.6 Å². The molecule has 0 radical (unpaired) electrons. The van der Waals surface area contributed by atoms with Gasteiger partial charge in [-0.2, -0.15) is 0 Å². The molecule has 1 saturated heterocycles. The summed E-state index contributed by atoms with van der Waals surface area (Å²) in [5.74, 6) is 0.141. The lowest BCUT2D eigenvalue weighted by Crippen LogP contribution is -2.36. The summed E-state index contributed by atoms with van der Waals surface area (Å²) in [6.45, 7) is 1.89. The van der Waals surface area contributed by atoms with E-state index >= 15 is 0 Å². The Kier molecular flexibility index (Phi) is 5.39. The van der Waals surface area contributed by atoms with Gasteiger partial charge in [0, 0.05) is 17.3 Å². The third kappa shape index (κ3) is 5.02. The van der Waals surface area contributed by atoms with E-state index in [0.29, 0.717) is 11.6 Å². The molecule has 1 amide bonds. The normalized spacial score (nSPS) is 18.8. The maximum atomic E-state index is 12.0. The molecule has 1 N–H and O–H groups in total. The number of hydrogen-bond donors (Lipinski definition) is 1. The minimum atomic E-state index is -3.00. The van der Waals surface area contributed by atoms with Crippen molar-refractivity contribution in [3.05, 3.63) is 42.1 Å². The number of rotatable bonds is 5. The van der Waals surface area contributed by atoms with Crippen LogP contribution in [0.2, 0.25) is 0 Å². The molecule has 0 spiro atoms. The average Bonchev–Trinajstić information content (AvgIpc) is 2.92. The molecule has 3 rings (SSSR count). The van der Waals surface area contributed by atoms with Crippen molar-refractivity contribution in [1.29, 1.82) is 0 Å². The molecule has 6 nitrogen and oxygen atoms in total. The number of aromatic nitrogens is 2. The first-order valence-corrected chi connectivity index (χ1v) is 10.8. The fourth-order valence-electron chi connectivity index (χ4n) is 2.67. The molecule has 0 aliphatic carbocycles. The van der Waals surface area contributed by atoms with E-state index in [-0.39, 0.29) is 29.2 Å². The van der Waals surface area contributed by atoms with Gasteiger partial charge in [0.1, 0.15) is 0 Å². The Hall–Kier alpha value is -1.93. The first-order chi connectivity index (χ1) is 11.9. The summed E-state index contributed by atoms with van der Waals surface area (Å²) in [5.41, 5.74) is 2.65. The minimum Gasteiger partial charge on any atom is -0.352 e. The molecular weight excluding hydrogens is 358 g/mol. The molecule has 25 heavy (non-hydrogen) atoms. The number of nitrogens with one attached hydrogen (secondary N) is 1. The predicted octanol–water partition coefficient (Wildman–Crippen LogP) is 1.85. The van der Waals surface area contributed by atoms with Gasteiger partial charge in [0.25, 0.3) is 0 Å². The molecule has 1 aliphatic rings. The number of amides is 1. The number of carbonyl (C=O) groups excluding carboxylic acids is 1. The van der Waals surface area contributed by atoms with Crippen LogP contribution >= 0.6 is 11.8 Å². The molecule has 2 aromatic rings. The first kappa shape index (κ1) is 17.9. The maximum Gasteiger partial charge on any atom is 0.230 e. The number of nitrogens with zero attached hydrogens (tertiary/aromatic N) is 2. The van der Waals surface area contributed by atoms with Crippen LogP contribution in [0.5, 0.6) is 0 Å². The van der Waals surface area contributed by atoms with Gasteiger partial charge in [0.05, 0.1) is 23.0 Å². The van der Waals surface area contributed by atoms with Crippen molar-refractivity contribution in [1.82, 2.24) is 15.3 Å². The summed E-state index contributed by atoms with van der Waals surface area (Å²) in [7, 11) is -3.00. The highest BCUT2D eigenvalue weighted by Gasteiger charge is 2.28. The lowest BCUT2D eigenvalue weighted by Gasteiger charge is -2.10. The van der Waals surface area contributed by atoms with E-state index in [9.17, 15) is 13.2 Å². The van der Waals surface area contributed by atoms with Gasteiger partial charge in [0.15, 0.2) is 15.0 Å². The monoisotopic (exact) mass is 377 g/mol.